The van der Waals surface area contributed by atoms with Crippen LogP contribution in [0.2, 0.25) is 0 Å². The van der Waals surface area contributed by atoms with E-state index in [2.05, 4.69) is 6.92 Å². The predicted octanol–water partition coefficient (Wildman–Crippen LogP) is 4.28. The van der Waals surface area contributed by atoms with Gasteiger partial charge in [0.1, 0.15) is 11.6 Å². The molecule has 0 heterocycles. The number of aryl methyl sites for hydroxylation is 1. The van der Waals surface area contributed by atoms with Crippen molar-refractivity contribution in [1.29, 1.82) is 0 Å². The van der Waals surface area contributed by atoms with E-state index in [1.165, 1.54) is 6.07 Å². The number of hydrogen-bond acceptors (Lipinski definition) is 1. The Kier molecular flexibility index (Phi) is 3.79. The zero-order valence-electron chi connectivity index (χ0n) is 10.8. The summed E-state index contributed by atoms with van der Waals surface area (Å²) in [6.07, 6.45) is 3.65. The minimum absolute atomic E-state index is 0.0495. The first-order valence-electron chi connectivity index (χ1n) is 6.49. The maximum Gasteiger partial charge on any atom is 0.168 e. The monoisotopic (exact) mass is 252 g/mol. The average molecular weight is 252 g/mol. The van der Waals surface area contributed by atoms with Crippen LogP contribution in [0.5, 0.6) is 0 Å². The third kappa shape index (κ3) is 2.60. The summed E-state index contributed by atoms with van der Waals surface area (Å²) in [6, 6.07) is 2.15. The topological polar surface area (TPSA) is 17.1 Å². The van der Waals surface area contributed by atoms with Crippen molar-refractivity contribution >= 4 is 5.78 Å². The van der Waals surface area contributed by atoms with E-state index in [9.17, 15) is 13.6 Å². The minimum atomic E-state index is -0.735. The van der Waals surface area contributed by atoms with Crippen LogP contribution in [0.15, 0.2) is 12.1 Å². The number of carbonyl (C=O) groups excluding carboxylic acids is 1. The fraction of sp³-hybridized carbons (Fsp3) is 0.533. The van der Waals surface area contributed by atoms with Gasteiger partial charge in [-0.2, -0.15) is 0 Å². The van der Waals surface area contributed by atoms with Crippen molar-refractivity contribution in [2.75, 3.05) is 0 Å². The highest BCUT2D eigenvalue weighted by molar-refractivity contribution is 5.98. The van der Waals surface area contributed by atoms with Crippen LogP contribution in [0.4, 0.5) is 8.78 Å². The highest BCUT2D eigenvalue weighted by Gasteiger charge is 2.27. The van der Waals surface area contributed by atoms with E-state index in [-0.39, 0.29) is 17.3 Å². The van der Waals surface area contributed by atoms with Crippen molar-refractivity contribution in [2.24, 2.45) is 11.8 Å². The Balaban J connectivity index is 2.21. The van der Waals surface area contributed by atoms with Crippen LogP contribution in [0.25, 0.3) is 0 Å². The molecule has 3 heteroatoms. The summed E-state index contributed by atoms with van der Waals surface area (Å²) in [5.74, 6) is -0.944. The molecule has 0 amide bonds. The minimum Gasteiger partial charge on any atom is -0.294 e. The number of ketones is 1. The van der Waals surface area contributed by atoms with Crippen molar-refractivity contribution in [3.63, 3.8) is 0 Å². The smallest absolute Gasteiger partial charge is 0.168 e. The Hall–Kier alpha value is -1.25. The molecule has 1 aromatic carbocycles. The summed E-state index contributed by atoms with van der Waals surface area (Å²) >= 11 is 0. The van der Waals surface area contributed by atoms with Gasteiger partial charge in [0, 0.05) is 12.0 Å². The lowest BCUT2D eigenvalue weighted by molar-refractivity contribution is 0.0871. The molecule has 1 aliphatic carbocycles. The van der Waals surface area contributed by atoms with Crippen molar-refractivity contribution < 1.29 is 13.6 Å². The molecule has 0 aliphatic heterocycles. The van der Waals surface area contributed by atoms with Crippen LogP contribution in [-0.4, -0.2) is 5.78 Å². The van der Waals surface area contributed by atoms with Crippen LogP contribution in [-0.2, 0) is 0 Å². The first-order chi connectivity index (χ1) is 8.49. The Morgan fingerprint density at radius 2 is 1.72 bits per heavy atom. The Morgan fingerprint density at radius 1 is 1.11 bits per heavy atom. The number of carbonyl (C=O) groups is 1. The summed E-state index contributed by atoms with van der Waals surface area (Å²) in [5, 5.41) is 0. The molecule has 1 aliphatic rings. The zero-order valence-corrected chi connectivity index (χ0v) is 10.8. The molecule has 1 fully saturated rings. The number of Topliss-reactive ketones (excluding diaryl/α,β-unsaturated/α-hetero) is 1. The highest BCUT2D eigenvalue weighted by atomic mass is 19.1. The first-order valence-corrected chi connectivity index (χ1v) is 6.49. The van der Waals surface area contributed by atoms with E-state index in [4.69, 9.17) is 0 Å². The van der Waals surface area contributed by atoms with Gasteiger partial charge in [-0.05, 0) is 37.3 Å². The van der Waals surface area contributed by atoms with Gasteiger partial charge in [0.15, 0.2) is 5.78 Å². The molecule has 0 spiro atoms. The second-order valence-corrected chi connectivity index (χ2v) is 5.40. The van der Waals surface area contributed by atoms with Crippen LogP contribution in [0, 0.1) is 30.4 Å². The average Bonchev–Trinajstić information content (AvgIpc) is 2.34. The van der Waals surface area contributed by atoms with Gasteiger partial charge in [0.05, 0.1) is 5.56 Å². The molecule has 18 heavy (non-hydrogen) atoms. The fourth-order valence-corrected chi connectivity index (χ4v) is 2.59. The highest BCUT2D eigenvalue weighted by Crippen LogP contribution is 2.31. The quantitative estimate of drug-likeness (QED) is 0.718. The molecule has 1 saturated carbocycles. The molecule has 0 N–H and O–H groups in total. The molecule has 1 aromatic rings. The van der Waals surface area contributed by atoms with Gasteiger partial charge in [-0.25, -0.2) is 8.78 Å². The maximum absolute atomic E-state index is 13.7. The van der Waals surface area contributed by atoms with Crippen molar-refractivity contribution in [2.45, 2.75) is 39.5 Å². The first kappa shape index (κ1) is 13.2. The third-order valence-electron chi connectivity index (χ3n) is 3.90. The standard InChI is InChI=1S/C15H18F2O/c1-9-3-5-11(6-4-9)15(18)12-7-10(2)13(16)8-14(12)17/h7-9,11H,3-6H2,1-2H3. The molecule has 0 bridgehead atoms. The van der Waals surface area contributed by atoms with Gasteiger partial charge in [-0.3, -0.25) is 4.79 Å². The van der Waals surface area contributed by atoms with Crippen LogP contribution < -0.4 is 0 Å². The van der Waals surface area contributed by atoms with E-state index in [0.29, 0.717) is 11.5 Å². The molecule has 1 nitrogen and oxygen atoms in total. The molecule has 0 radical (unpaired) electrons. The zero-order chi connectivity index (χ0) is 13.3. The molecule has 0 unspecified atom stereocenters. The summed E-state index contributed by atoms with van der Waals surface area (Å²) in [4.78, 5) is 12.2. The van der Waals surface area contributed by atoms with E-state index >= 15 is 0 Å². The summed E-state index contributed by atoms with van der Waals surface area (Å²) in [7, 11) is 0. The van der Waals surface area contributed by atoms with Gasteiger partial charge >= 0.3 is 0 Å². The SMILES string of the molecule is Cc1cc(C(=O)C2CCC(C)CC2)c(F)cc1F. The predicted molar refractivity (Wildman–Crippen MR) is 66.5 cm³/mol. The van der Waals surface area contributed by atoms with Crippen molar-refractivity contribution in [1.82, 2.24) is 0 Å². The molecule has 0 aromatic heterocycles. The van der Waals surface area contributed by atoms with E-state index in [1.54, 1.807) is 6.92 Å². The van der Waals surface area contributed by atoms with Crippen molar-refractivity contribution in [3.05, 3.63) is 34.9 Å². The van der Waals surface area contributed by atoms with Gasteiger partial charge in [0.2, 0.25) is 0 Å². The van der Waals surface area contributed by atoms with Gasteiger partial charge in [-0.15, -0.1) is 0 Å². The summed E-state index contributed by atoms with van der Waals surface area (Å²) in [6.45, 7) is 3.72. The normalized spacial score (nSPS) is 24.0. The molecule has 0 atom stereocenters. The largest absolute Gasteiger partial charge is 0.294 e. The molecular formula is C15H18F2O. The lowest BCUT2D eigenvalue weighted by atomic mass is 9.79. The number of halogens is 2. The number of benzene rings is 1. The summed E-state index contributed by atoms with van der Waals surface area (Å²) in [5.41, 5.74) is 0.373. The second kappa shape index (κ2) is 5.17. The second-order valence-electron chi connectivity index (χ2n) is 5.40. The number of rotatable bonds is 2. The van der Waals surface area contributed by atoms with Crippen LogP contribution in [0.1, 0.15) is 48.5 Å². The van der Waals surface area contributed by atoms with Gasteiger partial charge < -0.3 is 0 Å². The lowest BCUT2D eigenvalue weighted by Gasteiger charge is -2.25. The summed E-state index contributed by atoms with van der Waals surface area (Å²) < 4.78 is 26.8. The van der Waals surface area contributed by atoms with E-state index in [0.717, 1.165) is 31.7 Å². The van der Waals surface area contributed by atoms with Crippen molar-refractivity contribution in [3.8, 4) is 0 Å². The van der Waals surface area contributed by atoms with Gasteiger partial charge in [0.25, 0.3) is 0 Å². The third-order valence-corrected chi connectivity index (χ3v) is 3.90. The molecule has 2 rings (SSSR count). The Labute approximate surface area is 106 Å². The van der Waals surface area contributed by atoms with Crippen LogP contribution in [0.3, 0.4) is 0 Å². The van der Waals surface area contributed by atoms with E-state index in [1.807, 2.05) is 0 Å². The van der Waals surface area contributed by atoms with Crippen LogP contribution >= 0.6 is 0 Å². The number of hydrogen-bond donors (Lipinski definition) is 0. The maximum atomic E-state index is 13.7. The van der Waals surface area contributed by atoms with Gasteiger partial charge in [-0.1, -0.05) is 19.8 Å². The van der Waals surface area contributed by atoms with E-state index < -0.39 is 11.6 Å². The molecular weight excluding hydrogens is 234 g/mol. The molecule has 0 saturated heterocycles. The molecule has 98 valence electrons. The fourth-order valence-electron chi connectivity index (χ4n) is 2.59. The Bertz CT molecular complexity index is 460. The Morgan fingerprint density at radius 3 is 2.33 bits per heavy atom. The lowest BCUT2D eigenvalue weighted by Crippen LogP contribution is -2.22.